The van der Waals surface area contributed by atoms with Crippen LogP contribution in [0.25, 0.3) is 0 Å². The summed E-state index contributed by atoms with van der Waals surface area (Å²) in [5.41, 5.74) is 0.943. The normalized spacial score (nSPS) is 16.4. The Morgan fingerprint density at radius 2 is 1.93 bits per heavy atom. The second kappa shape index (κ2) is 8.01. The minimum Gasteiger partial charge on any atom is -0.295 e. The summed E-state index contributed by atoms with van der Waals surface area (Å²) in [6.07, 6.45) is 1.22. The molecule has 1 aromatic heterocycles. The van der Waals surface area contributed by atoms with Crippen molar-refractivity contribution in [1.82, 2.24) is 14.2 Å². The first-order chi connectivity index (χ1) is 12.8. The van der Waals surface area contributed by atoms with Crippen molar-refractivity contribution in [3.63, 3.8) is 0 Å². The monoisotopic (exact) mass is 412 g/mol. The van der Waals surface area contributed by atoms with Crippen LogP contribution in [0, 0.1) is 5.82 Å². The number of halogens is 1. The molecule has 27 heavy (non-hydrogen) atoms. The van der Waals surface area contributed by atoms with E-state index in [1.807, 2.05) is 5.38 Å². The van der Waals surface area contributed by atoms with Gasteiger partial charge >= 0.3 is 0 Å². The second-order valence-electron chi connectivity index (χ2n) is 6.37. The van der Waals surface area contributed by atoms with Gasteiger partial charge in [0.25, 0.3) is 0 Å². The lowest BCUT2D eigenvalue weighted by Gasteiger charge is -2.32. The molecule has 0 radical (unpaired) electrons. The number of anilines is 2. The maximum Gasteiger partial charge on any atom is 0.230 e. The lowest BCUT2D eigenvalue weighted by molar-refractivity contribution is -0.115. The average Bonchev–Trinajstić information content (AvgIpc) is 3.04. The molecule has 0 spiro atoms. The van der Waals surface area contributed by atoms with Gasteiger partial charge in [-0.15, -0.1) is 11.3 Å². The molecule has 0 N–H and O–H groups in total. The van der Waals surface area contributed by atoms with Crippen LogP contribution in [0.2, 0.25) is 0 Å². The minimum absolute atomic E-state index is 0.174. The van der Waals surface area contributed by atoms with E-state index >= 15 is 0 Å². The molecule has 1 aliphatic heterocycles. The number of carbonyl (C=O) groups excluding carboxylic acids is 1. The van der Waals surface area contributed by atoms with Gasteiger partial charge in [0.2, 0.25) is 15.9 Å². The molecule has 0 unspecified atom stereocenters. The Kier molecular flexibility index (Phi) is 5.89. The molecule has 3 rings (SSSR count). The van der Waals surface area contributed by atoms with Gasteiger partial charge in [0.05, 0.1) is 17.6 Å². The predicted molar refractivity (Wildman–Crippen MR) is 103 cm³/mol. The molecular weight excluding hydrogens is 391 g/mol. The summed E-state index contributed by atoms with van der Waals surface area (Å²) in [6, 6.07) is 6.09. The van der Waals surface area contributed by atoms with Crippen molar-refractivity contribution in [3.05, 3.63) is 41.2 Å². The first kappa shape index (κ1) is 19.9. The maximum atomic E-state index is 14.1. The van der Waals surface area contributed by atoms with Crippen molar-refractivity contribution in [2.75, 3.05) is 37.3 Å². The molecule has 7 nitrogen and oxygen atoms in total. The van der Waals surface area contributed by atoms with Gasteiger partial charge in [-0.1, -0.05) is 12.1 Å². The van der Waals surface area contributed by atoms with E-state index in [9.17, 15) is 17.6 Å². The zero-order valence-electron chi connectivity index (χ0n) is 15.1. The lowest BCUT2D eigenvalue weighted by Crippen LogP contribution is -2.47. The Morgan fingerprint density at radius 1 is 1.26 bits per heavy atom. The van der Waals surface area contributed by atoms with E-state index in [1.165, 1.54) is 39.8 Å². The van der Waals surface area contributed by atoms with E-state index in [1.54, 1.807) is 18.2 Å². The Bertz CT molecular complexity index is 924. The molecule has 2 heterocycles. The highest BCUT2D eigenvalue weighted by Crippen LogP contribution is 2.31. The fourth-order valence-electron chi connectivity index (χ4n) is 2.96. The Hall–Kier alpha value is -1.88. The summed E-state index contributed by atoms with van der Waals surface area (Å²) in [7, 11) is -3.16. The number of rotatable bonds is 5. The largest absolute Gasteiger partial charge is 0.295 e. The number of hydrogen-bond donors (Lipinski definition) is 0. The number of aromatic nitrogens is 1. The number of thiazole rings is 1. The third-order valence-electron chi connectivity index (χ3n) is 4.33. The van der Waals surface area contributed by atoms with E-state index in [2.05, 4.69) is 9.88 Å². The van der Waals surface area contributed by atoms with Crippen LogP contribution in [-0.2, 0) is 21.4 Å². The zero-order chi connectivity index (χ0) is 19.6. The number of carbonyl (C=O) groups is 1. The van der Waals surface area contributed by atoms with Gasteiger partial charge in [0.1, 0.15) is 5.82 Å². The molecule has 0 saturated carbocycles. The third-order valence-corrected chi connectivity index (χ3v) is 6.50. The van der Waals surface area contributed by atoms with E-state index in [-0.39, 0.29) is 11.6 Å². The standard InChI is InChI=1S/C17H21FN4O3S2/c1-13(23)22(16-6-4-3-5-15(16)18)17-19-14(12-26-17)11-20-7-9-21(10-8-20)27(2,24)25/h3-6,12H,7-11H2,1-2H3. The fourth-order valence-corrected chi connectivity index (χ4v) is 4.66. The molecule has 146 valence electrons. The summed E-state index contributed by atoms with van der Waals surface area (Å²) in [5.74, 6) is -0.802. The first-order valence-corrected chi connectivity index (χ1v) is 11.2. The summed E-state index contributed by atoms with van der Waals surface area (Å²) >= 11 is 1.28. The number of benzene rings is 1. The minimum atomic E-state index is -3.16. The van der Waals surface area contributed by atoms with Crippen LogP contribution in [0.1, 0.15) is 12.6 Å². The molecule has 10 heteroatoms. The van der Waals surface area contributed by atoms with Crippen molar-refractivity contribution in [2.45, 2.75) is 13.5 Å². The molecule has 0 bridgehead atoms. The van der Waals surface area contributed by atoms with Crippen LogP contribution in [0.4, 0.5) is 15.2 Å². The van der Waals surface area contributed by atoms with Crippen LogP contribution in [0.15, 0.2) is 29.6 Å². The number of hydrogen-bond acceptors (Lipinski definition) is 6. The fraction of sp³-hybridized carbons (Fsp3) is 0.412. The molecule has 1 amide bonds. The van der Waals surface area contributed by atoms with Gasteiger partial charge in [-0.05, 0) is 12.1 Å². The molecule has 2 aromatic rings. The van der Waals surface area contributed by atoms with Crippen molar-refractivity contribution in [2.24, 2.45) is 0 Å². The van der Waals surface area contributed by atoms with Gasteiger partial charge in [0, 0.05) is 45.0 Å². The van der Waals surface area contributed by atoms with Gasteiger partial charge < -0.3 is 0 Å². The zero-order valence-corrected chi connectivity index (χ0v) is 16.8. The molecule has 1 aromatic carbocycles. The van der Waals surface area contributed by atoms with Crippen LogP contribution in [0.3, 0.4) is 0 Å². The van der Waals surface area contributed by atoms with Gasteiger partial charge in [-0.3, -0.25) is 14.6 Å². The summed E-state index contributed by atoms with van der Waals surface area (Å²) in [6.45, 7) is 4.05. The molecule has 1 saturated heterocycles. The quantitative estimate of drug-likeness (QED) is 0.751. The van der Waals surface area contributed by atoms with Crippen molar-refractivity contribution >= 4 is 38.1 Å². The molecular formula is C17H21FN4O3S2. The molecule has 1 fully saturated rings. The number of para-hydroxylation sites is 1. The molecule has 1 aliphatic rings. The van der Waals surface area contributed by atoms with Crippen molar-refractivity contribution in [3.8, 4) is 0 Å². The third kappa shape index (κ3) is 4.70. The van der Waals surface area contributed by atoms with E-state index in [0.717, 1.165) is 5.69 Å². The van der Waals surface area contributed by atoms with Gasteiger partial charge in [0.15, 0.2) is 5.13 Å². The van der Waals surface area contributed by atoms with Crippen LogP contribution >= 0.6 is 11.3 Å². The van der Waals surface area contributed by atoms with Crippen molar-refractivity contribution < 1.29 is 17.6 Å². The van der Waals surface area contributed by atoms with E-state index < -0.39 is 15.8 Å². The Morgan fingerprint density at radius 3 is 2.52 bits per heavy atom. The number of amides is 1. The summed E-state index contributed by atoms with van der Waals surface area (Å²) < 4.78 is 38.8. The maximum absolute atomic E-state index is 14.1. The SMILES string of the molecule is CC(=O)N(c1nc(CN2CCN(S(C)(=O)=O)CC2)cs1)c1ccccc1F. The smallest absolute Gasteiger partial charge is 0.230 e. The Labute approximate surface area is 162 Å². The van der Waals surface area contributed by atoms with Crippen LogP contribution in [0.5, 0.6) is 0 Å². The predicted octanol–water partition coefficient (Wildman–Crippen LogP) is 2.04. The summed E-state index contributed by atoms with van der Waals surface area (Å²) in [4.78, 5) is 20.0. The number of nitrogens with zero attached hydrogens (tertiary/aromatic N) is 4. The number of piperazine rings is 1. The first-order valence-electron chi connectivity index (χ1n) is 8.43. The van der Waals surface area contributed by atoms with Crippen LogP contribution < -0.4 is 4.90 Å². The van der Waals surface area contributed by atoms with E-state index in [4.69, 9.17) is 0 Å². The Balaban J connectivity index is 1.71. The molecule has 0 atom stereocenters. The highest BCUT2D eigenvalue weighted by atomic mass is 32.2. The van der Waals surface area contributed by atoms with Gasteiger partial charge in [-0.2, -0.15) is 4.31 Å². The number of sulfonamides is 1. The average molecular weight is 413 g/mol. The van der Waals surface area contributed by atoms with Crippen molar-refractivity contribution in [1.29, 1.82) is 0 Å². The topological polar surface area (TPSA) is 73.8 Å². The van der Waals surface area contributed by atoms with Gasteiger partial charge in [-0.25, -0.2) is 17.8 Å². The van der Waals surface area contributed by atoms with E-state index in [0.29, 0.717) is 37.9 Å². The van der Waals surface area contributed by atoms with Crippen LogP contribution in [-0.4, -0.2) is 60.9 Å². The highest BCUT2D eigenvalue weighted by Gasteiger charge is 2.25. The summed E-state index contributed by atoms with van der Waals surface area (Å²) in [5, 5.41) is 2.26. The second-order valence-corrected chi connectivity index (χ2v) is 9.18. The lowest BCUT2D eigenvalue weighted by atomic mass is 10.3. The highest BCUT2D eigenvalue weighted by molar-refractivity contribution is 7.88. The molecule has 0 aliphatic carbocycles.